The third-order valence-corrected chi connectivity index (χ3v) is 7.03. The van der Waals surface area contributed by atoms with Gasteiger partial charge in [-0.1, -0.05) is 19.1 Å². The van der Waals surface area contributed by atoms with Gasteiger partial charge in [0.25, 0.3) is 0 Å². The number of hydrogen-bond donors (Lipinski definition) is 0. The Bertz CT molecular complexity index is 661. The number of rotatable bonds is 11. The van der Waals surface area contributed by atoms with E-state index in [1.165, 1.54) is 25.0 Å². The highest BCUT2D eigenvalue weighted by atomic mass is 19.1. The van der Waals surface area contributed by atoms with Crippen molar-refractivity contribution in [1.82, 2.24) is 14.7 Å². The number of aryl methyl sites for hydroxylation is 1. The standard InChI is InChI=1S/C25H40FN3O2/c1-3-28-14-4-5-24(28)20-29(19-22-12-15-27(16-13-22)17-18-31-2)25(30)11-8-21-6-9-23(26)10-7-21/h6-7,9-10,22,24H,3-5,8,11-20H2,1-2H3. The van der Waals surface area contributed by atoms with E-state index in [0.717, 1.165) is 70.8 Å². The Morgan fingerprint density at radius 2 is 1.87 bits per heavy atom. The van der Waals surface area contributed by atoms with E-state index in [9.17, 15) is 9.18 Å². The van der Waals surface area contributed by atoms with Gasteiger partial charge in [-0.05, 0) is 81.9 Å². The molecule has 0 aromatic heterocycles. The Hall–Kier alpha value is -1.50. The summed E-state index contributed by atoms with van der Waals surface area (Å²) < 4.78 is 18.4. The topological polar surface area (TPSA) is 36.0 Å². The highest BCUT2D eigenvalue weighted by molar-refractivity contribution is 5.76. The summed E-state index contributed by atoms with van der Waals surface area (Å²) in [6.45, 7) is 10.1. The predicted octanol–water partition coefficient (Wildman–Crippen LogP) is 3.43. The summed E-state index contributed by atoms with van der Waals surface area (Å²) in [4.78, 5) is 20.4. The second kappa shape index (κ2) is 12.5. The molecule has 1 unspecified atom stereocenters. The molecule has 0 saturated carbocycles. The Labute approximate surface area is 187 Å². The number of benzene rings is 1. The predicted molar refractivity (Wildman–Crippen MR) is 123 cm³/mol. The van der Waals surface area contributed by atoms with E-state index in [2.05, 4.69) is 21.6 Å². The molecule has 2 saturated heterocycles. The van der Waals surface area contributed by atoms with Crippen LogP contribution in [-0.2, 0) is 16.0 Å². The van der Waals surface area contributed by atoms with Gasteiger partial charge in [-0.2, -0.15) is 0 Å². The molecule has 0 N–H and O–H groups in total. The Balaban J connectivity index is 1.56. The second-order valence-electron chi connectivity index (χ2n) is 9.13. The lowest BCUT2D eigenvalue weighted by atomic mass is 9.95. The molecule has 0 spiro atoms. The zero-order chi connectivity index (χ0) is 22.1. The second-order valence-corrected chi connectivity index (χ2v) is 9.13. The molecular weight excluding hydrogens is 393 g/mol. The van der Waals surface area contributed by atoms with Crippen LogP contribution in [0.25, 0.3) is 0 Å². The van der Waals surface area contributed by atoms with Gasteiger partial charge in [-0.3, -0.25) is 9.69 Å². The quantitative estimate of drug-likeness (QED) is 0.536. The third-order valence-electron chi connectivity index (χ3n) is 7.03. The van der Waals surface area contributed by atoms with Crippen molar-refractivity contribution in [2.45, 2.75) is 51.5 Å². The monoisotopic (exact) mass is 433 g/mol. The molecule has 1 amide bonds. The number of likely N-dealkylation sites (N-methyl/N-ethyl adjacent to an activating group) is 1. The molecule has 6 heteroatoms. The maximum Gasteiger partial charge on any atom is 0.222 e. The molecule has 2 aliphatic heterocycles. The van der Waals surface area contributed by atoms with Gasteiger partial charge in [-0.25, -0.2) is 4.39 Å². The lowest BCUT2D eigenvalue weighted by Crippen LogP contribution is -2.46. The molecular formula is C25H40FN3O2. The number of carbonyl (C=O) groups is 1. The lowest BCUT2D eigenvalue weighted by molar-refractivity contribution is -0.132. The van der Waals surface area contributed by atoms with Crippen LogP contribution in [0.5, 0.6) is 0 Å². The average molecular weight is 434 g/mol. The fourth-order valence-electron chi connectivity index (χ4n) is 5.04. The minimum atomic E-state index is -0.227. The van der Waals surface area contributed by atoms with Crippen LogP contribution >= 0.6 is 0 Å². The van der Waals surface area contributed by atoms with Crippen molar-refractivity contribution >= 4 is 5.91 Å². The normalized spacial score (nSPS) is 20.9. The summed E-state index contributed by atoms with van der Waals surface area (Å²) in [7, 11) is 1.75. The van der Waals surface area contributed by atoms with Crippen LogP contribution in [-0.4, -0.2) is 86.2 Å². The molecule has 0 bridgehead atoms. The Morgan fingerprint density at radius 3 is 2.55 bits per heavy atom. The van der Waals surface area contributed by atoms with Crippen LogP contribution in [0.2, 0.25) is 0 Å². The molecule has 0 aliphatic carbocycles. The fourth-order valence-corrected chi connectivity index (χ4v) is 5.04. The number of amides is 1. The number of nitrogens with zero attached hydrogens (tertiary/aromatic N) is 3. The number of methoxy groups -OCH3 is 1. The van der Waals surface area contributed by atoms with E-state index < -0.39 is 0 Å². The van der Waals surface area contributed by atoms with Crippen LogP contribution < -0.4 is 0 Å². The molecule has 0 radical (unpaired) electrons. The van der Waals surface area contributed by atoms with Gasteiger partial charge >= 0.3 is 0 Å². The van der Waals surface area contributed by atoms with Gasteiger partial charge in [0.2, 0.25) is 5.91 Å². The van der Waals surface area contributed by atoms with Crippen LogP contribution in [0.15, 0.2) is 24.3 Å². The smallest absolute Gasteiger partial charge is 0.222 e. The molecule has 1 aromatic carbocycles. The van der Waals surface area contributed by atoms with Crippen molar-refractivity contribution in [1.29, 1.82) is 0 Å². The third kappa shape index (κ3) is 7.55. The van der Waals surface area contributed by atoms with E-state index >= 15 is 0 Å². The van der Waals surface area contributed by atoms with Gasteiger partial charge in [0.15, 0.2) is 0 Å². The van der Waals surface area contributed by atoms with Crippen molar-refractivity contribution in [3.63, 3.8) is 0 Å². The van der Waals surface area contributed by atoms with Crippen LogP contribution in [0.3, 0.4) is 0 Å². The minimum Gasteiger partial charge on any atom is -0.383 e. The van der Waals surface area contributed by atoms with Crippen molar-refractivity contribution in [2.24, 2.45) is 5.92 Å². The van der Waals surface area contributed by atoms with E-state index in [1.54, 1.807) is 19.2 Å². The SMILES string of the molecule is CCN1CCCC1CN(CC1CCN(CCOC)CC1)C(=O)CCc1ccc(F)cc1. The molecule has 2 heterocycles. The molecule has 5 nitrogen and oxygen atoms in total. The fraction of sp³-hybridized carbons (Fsp3) is 0.720. The van der Waals surface area contributed by atoms with Gasteiger partial charge in [-0.15, -0.1) is 0 Å². The van der Waals surface area contributed by atoms with E-state index in [0.29, 0.717) is 24.8 Å². The molecule has 3 rings (SSSR count). The lowest BCUT2D eigenvalue weighted by Gasteiger charge is -2.36. The summed E-state index contributed by atoms with van der Waals surface area (Å²) in [5, 5.41) is 0. The zero-order valence-corrected chi connectivity index (χ0v) is 19.4. The van der Waals surface area contributed by atoms with Crippen LogP contribution in [0.1, 0.15) is 44.6 Å². The first-order valence-corrected chi connectivity index (χ1v) is 12.1. The van der Waals surface area contributed by atoms with Gasteiger partial charge in [0.05, 0.1) is 6.61 Å². The molecule has 1 atom stereocenters. The van der Waals surface area contributed by atoms with Gasteiger partial charge < -0.3 is 14.5 Å². The molecule has 2 aliphatic rings. The van der Waals surface area contributed by atoms with Crippen molar-refractivity contribution < 1.29 is 13.9 Å². The highest BCUT2D eigenvalue weighted by Crippen LogP contribution is 2.22. The molecule has 31 heavy (non-hydrogen) atoms. The van der Waals surface area contributed by atoms with Crippen molar-refractivity contribution in [3.05, 3.63) is 35.6 Å². The van der Waals surface area contributed by atoms with E-state index in [1.807, 2.05) is 0 Å². The summed E-state index contributed by atoms with van der Waals surface area (Å²) in [6.07, 6.45) is 5.88. The van der Waals surface area contributed by atoms with Gasteiger partial charge in [0.1, 0.15) is 5.82 Å². The molecule has 1 aromatic rings. The first kappa shape index (κ1) is 24.1. The van der Waals surface area contributed by atoms with E-state index in [-0.39, 0.29) is 11.7 Å². The maximum atomic E-state index is 13.3. The number of carbonyl (C=O) groups excluding carboxylic acids is 1. The average Bonchev–Trinajstić information content (AvgIpc) is 3.24. The Morgan fingerprint density at radius 1 is 1.13 bits per heavy atom. The summed E-state index contributed by atoms with van der Waals surface area (Å²) in [5.74, 6) is 0.591. The zero-order valence-electron chi connectivity index (χ0n) is 19.4. The van der Waals surface area contributed by atoms with E-state index in [4.69, 9.17) is 4.74 Å². The molecule has 174 valence electrons. The number of hydrogen-bond acceptors (Lipinski definition) is 4. The number of likely N-dealkylation sites (tertiary alicyclic amines) is 2. The van der Waals surface area contributed by atoms with Crippen molar-refractivity contribution in [2.75, 3.05) is 59.5 Å². The highest BCUT2D eigenvalue weighted by Gasteiger charge is 2.29. The number of piperidine rings is 1. The summed E-state index contributed by atoms with van der Waals surface area (Å²) >= 11 is 0. The Kier molecular flexibility index (Phi) is 9.75. The number of ether oxygens (including phenoxy) is 1. The van der Waals surface area contributed by atoms with Crippen molar-refractivity contribution in [3.8, 4) is 0 Å². The first-order valence-electron chi connectivity index (χ1n) is 12.1. The molecule has 2 fully saturated rings. The van der Waals surface area contributed by atoms with Crippen LogP contribution in [0.4, 0.5) is 4.39 Å². The largest absolute Gasteiger partial charge is 0.383 e. The number of halogens is 1. The first-order chi connectivity index (χ1) is 15.1. The van der Waals surface area contributed by atoms with Gasteiger partial charge in [0, 0.05) is 39.2 Å². The van der Waals surface area contributed by atoms with Crippen LogP contribution in [0, 0.1) is 11.7 Å². The summed E-state index contributed by atoms with van der Waals surface area (Å²) in [5.41, 5.74) is 1.03. The summed E-state index contributed by atoms with van der Waals surface area (Å²) in [6, 6.07) is 7.03. The maximum absolute atomic E-state index is 13.3. The minimum absolute atomic E-state index is 0.227.